The van der Waals surface area contributed by atoms with Crippen molar-refractivity contribution < 1.29 is 9.53 Å². The Hall–Kier alpha value is -0.740. The molecule has 0 saturated carbocycles. The van der Waals surface area contributed by atoms with Gasteiger partial charge in [0.05, 0.1) is 6.04 Å². The standard InChI is InChI=1S/C13H17BrClNO2/c1-8(16-12(17)18-13(2,3)4)11-9(14)6-5-7-10(11)15/h5-8H,1-4H3,(H,16,17)/t8-/m1/s1. The van der Waals surface area contributed by atoms with Gasteiger partial charge in [-0.3, -0.25) is 0 Å². The van der Waals surface area contributed by atoms with Gasteiger partial charge in [-0.2, -0.15) is 0 Å². The van der Waals surface area contributed by atoms with E-state index in [0.717, 1.165) is 10.0 Å². The van der Waals surface area contributed by atoms with Crippen LogP contribution < -0.4 is 5.32 Å². The van der Waals surface area contributed by atoms with Crippen LogP contribution in [0.4, 0.5) is 4.79 Å². The number of nitrogens with one attached hydrogen (secondary N) is 1. The van der Waals surface area contributed by atoms with Gasteiger partial charge in [-0.25, -0.2) is 4.79 Å². The van der Waals surface area contributed by atoms with Crippen molar-refractivity contribution in [2.45, 2.75) is 39.3 Å². The molecule has 1 amide bonds. The molecule has 3 nitrogen and oxygen atoms in total. The maximum atomic E-state index is 11.7. The first-order valence-electron chi connectivity index (χ1n) is 5.64. The maximum absolute atomic E-state index is 11.7. The number of benzene rings is 1. The molecule has 0 aliphatic rings. The molecule has 100 valence electrons. The Morgan fingerprint density at radius 2 is 2.06 bits per heavy atom. The zero-order chi connectivity index (χ0) is 13.9. The quantitative estimate of drug-likeness (QED) is 0.852. The highest BCUT2D eigenvalue weighted by Crippen LogP contribution is 2.30. The van der Waals surface area contributed by atoms with Gasteiger partial charge in [0.25, 0.3) is 0 Å². The fraction of sp³-hybridized carbons (Fsp3) is 0.462. The summed E-state index contributed by atoms with van der Waals surface area (Å²) in [5.74, 6) is 0. The van der Waals surface area contributed by atoms with E-state index < -0.39 is 11.7 Å². The molecule has 1 aromatic carbocycles. The summed E-state index contributed by atoms with van der Waals surface area (Å²) < 4.78 is 6.06. The molecule has 0 heterocycles. The van der Waals surface area contributed by atoms with E-state index in [4.69, 9.17) is 16.3 Å². The Morgan fingerprint density at radius 1 is 1.44 bits per heavy atom. The summed E-state index contributed by atoms with van der Waals surface area (Å²) in [6.45, 7) is 7.32. The fourth-order valence-corrected chi connectivity index (χ4v) is 2.64. The van der Waals surface area contributed by atoms with Gasteiger partial charge >= 0.3 is 6.09 Å². The van der Waals surface area contributed by atoms with Crippen LogP contribution in [0.15, 0.2) is 22.7 Å². The number of hydrogen-bond acceptors (Lipinski definition) is 2. The molecular weight excluding hydrogens is 318 g/mol. The van der Waals surface area contributed by atoms with E-state index in [2.05, 4.69) is 21.2 Å². The van der Waals surface area contributed by atoms with Crippen LogP contribution in [-0.2, 0) is 4.74 Å². The zero-order valence-electron chi connectivity index (χ0n) is 10.9. The lowest BCUT2D eigenvalue weighted by atomic mass is 10.1. The van der Waals surface area contributed by atoms with Gasteiger partial charge in [-0.15, -0.1) is 0 Å². The predicted octanol–water partition coefficient (Wildman–Crippen LogP) is 4.69. The molecule has 0 unspecified atom stereocenters. The minimum atomic E-state index is -0.512. The van der Waals surface area contributed by atoms with E-state index in [-0.39, 0.29) is 6.04 Å². The summed E-state index contributed by atoms with van der Waals surface area (Å²) >= 11 is 9.54. The fourth-order valence-electron chi connectivity index (χ4n) is 1.48. The average Bonchev–Trinajstić information content (AvgIpc) is 2.13. The van der Waals surface area contributed by atoms with E-state index in [0.29, 0.717) is 5.02 Å². The second kappa shape index (κ2) is 5.93. The molecular formula is C13H17BrClNO2. The molecule has 0 spiro atoms. The lowest BCUT2D eigenvalue weighted by Gasteiger charge is -2.23. The molecule has 1 atom stereocenters. The van der Waals surface area contributed by atoms with Crippen LogP contribution in [0.1, 0.15) is 39.3 Å². The highest BCUT2D eigenvalue weighted by atomic mass is 79.9. The Bertz CT molecular complexity index is 423. The van der Waals surface area contributed by atoms with Gasteiger partial charge in [-0.1, -0.05) is 33.6 Å². The largest absolute Gasteiger partial charge is 0.444 e. The lowest BCUT2D eigenvalue weighted by molar-refractivity contribution is 0.0508. The number of rotatable bonds is 2. The lowest BCUT2D eigenvalue weighted by Crippen LogP contribution is -2.34. The minimum absolute atomic E-state index is 0.233. The number of carbonyl (C=O) groups is 1. The topological polar surface area (TPSA) is 38.3 Å². The van der Waals surface area contributed by atoms with Crippen LogP contribution in [0.5, 0.6) is 0 Å². The van der Waals surface area contributed by atoms with E-state index in [1.807, 2.05) is 39.8 Å². The minimum Gasteiger partial charge on any atom is -0.444 e. The number of hydrogen-bond donors (Lipinski definition) is 1. The summed E-state index contributed by atoms with van der Waals surface area (Å²) in [4.78, 5) is 11.7. The van der Waals surface area contributed by atoms with Crippen molar-refractivity contribution in [3.8, 4) is 0 Å². The Balaban J connectivity index is 2.77. The van der Waals surface area contributed by atoms with E-state index in [1.54, 1.807) is 6.07 Å². The Kier molecular flexibility index (Phi) is 5.05. The van der Waals surface area contributed by atoms with Crippen LogP contribution >= 0.6 is 27.5 Å². The molecule has 1 rings (SSSR count). The van der Waals surface area contributed by atoms with Crippen molar-refractivity contribution in [2.24, 2.45) is 0 Å². The van der Waals surface area contributed by atoms with Gasteiger partial charge in [0.15, 0.2) is 0 Å². The Labute approximate surface area is 121 Å². The number of carbonyl (C=O) groups excluding carboxylic acids is 1. The van der Waals surface area contributed by atoms with E-state index >= 15 is 0 Å². The summed E-state index contributed by atoms with van der Waals surface area (Å²) in [6.07, 6.45) is -0.457. The van der Waals surface area contributed by atoms with Crippen LogP contribution in [0.2, 0.25) is 5.02 Å². The van der Waals surface area contributed by atoms with Crippen molar-refractivity contribution in [2.75, 3.05) is 0 Å². The van der Waals surface area contributed by atoms with Crippen molar-refractivity contribution in [3.05, 3.63) is 33.3 Å². The maximum Gasteiger partial charge on any atom is 0.408 e. The monoisotopic (exact) mass is 333 g/mol. The highest BCUT2D eigenvalue weighted by molar-refractivity contribution is 9.10. The average molecular weight is 335 g/mol. The van der Waals surface area contributed by atoms with E-state index in [1.165, 1.54) is 0 Å². The van der Waals surface area contributed by atoms with Crippen LogP contribution in [0.25, 0.3) is 0 Å². The number of alkyl carbamates (subject to hydrolysis) is 1. The first kappa shape index (κ1) is 15.3. The SMILES string of the molecule is C[C@@H](NC(=O)OC(C)(C)C)c1c(Cl)cccc1Br. The van der Waals surface area contributed by atoms with Gasteiger partial charge in [-0.05, 0) is 39.8 Å². The number of halogens is 2. The molecule has 5 heteroatoms. The molecule has 0 bridgehead atoms. The third-order valence-electron chi connectivity index (χ3n) is 2.17. The normalized spacial score (nSPS) is 13.0. The van der Waals surface area contributed by atoms with Gasteiger partial charge in [0, 0.05) is 15.1 Å². The molecule has 0 saturated heterocycles. The molecule has 1 aromatic rings. The highest BCUT2D eigenvalue weighted by Gasteiger charge is 2.20. The van der Waals surface area contributed by atoms with Crippen molar-refractivity contribution >= 4 is 33.6 Å². The molecule has 1 N–H and O–H groups in total. The van der Waals surface area contributed by atoms with E-state index in [9.17, 15) is 4.79 Å². The predicted molar refractivity (Wildman–Crippen MR) is 76.9 cm³/mol. The smallest absolute Gasteiger partial charge is 0.408 e. The third kappa shape index (κ3) is 4.50. The summed E-state index contributed by atoms with van der Waals surface area (Å²) in [5.41, 5.74) is 0.326. The van der Waals surface area contributed by atoms with Crippen LogP contribution in [-0.4, -0.2) is 11.7 Å². The zero-order valence-corrected chi connectivity index (χ0v) is 13.2. The van der Waals surface area contributed by atoms with Crippen LogP contribution in [0, 0.1) is 0 Å². The van der Waals surface area contributed by atoms with Gasteiger partial charge < -0.3 is 10.1 Å². The summed E-state index contributed by atoms with van der Waals surface area (Å²) in [7, 11) is 0. The van der Waals surface area contributed by atoms with Crippen molar-refractivity contribution in [1.29, 1.82) is 0 Å². The number of ether oxygens (including phenoxy) is 1. The summed E-state index contributed by atoms with van der Waals surface area (Å²) in [5, 5.41) is 3.36. The summed E-state index contributed by atoms with van der Waals surface area (Å²) in [6, 6.07) is 5.28. The van der Waals surface area contributed by atoms with Gasteiger partial charge in [0.2, 0.25) is 0 Å². The second-order valence-corrected chi connectivity index (χ2v) is 6.26. The first-order chi connectivity index (χ1) is 8.20. The molecule has 0 aliphatic heterocycles. The molecule has 0 aromatic heterocycles. The van der Waals surface area contributed by atoms with Crippen LogP contribution in [0.3, 0.4) is 0 Å². The molecule has 0 aliphatic carbocycles. The first-order valence-corrected chi connectivity index (χ1v) is 6.81. The number of amides is 1. The second-order valence-electron chi connectivity index (χ2n) is 5.00. The molecule has 0 fully saturated rings. The van der Waals surface area contributed by atoms with Crippen molar-refractivity contribution in [3.63, 3.8) is 0 Å². The van der Waals surface area contributed by atoms with Crippen molar-refractivity contribution in [1.82, 2.24) is 5.32 Å². The molecule has 18 heavy (non-hydrogen) atoms. The Morgan fingerprint density at radius 3 is 2.56 bits per heavy atom. The molecule has 0 radical (unpaired) electrons. The third-order valence-corrected chi connectivity index (χ3v) is 3.19. The van der Waals surface area contributed by atoms with Gasteiger partial charge in [0.1, 0.15) is 5.60 Å².